The highest BCUT2D eigenvalue weighted by Crippen LogP contribution is 2.28. The number of amides is 3. The number of alkyl halides is 3. The maximum absolute atomic E-state index is 12.8. The fourth-order valence-electron chi connectivity index (χ4n) is 3.18. The van der Waals surface area contributed by atoms with Crippen molar-refractivity contribution in [3.63, 3.8) is 0 Å². The standard InChI is InChI=1S/C21H16ClF3N4O3S/c22-14-6-4-13(5-7-14)11-28-8-9-29(20(28)31)19-27-17(12-33-19)18(30)26-15-2-1-3-16(10-15)32-21(23,24)25/h1-7,10,12H,8-9,11H2,(H,26,30). The Labute approximate surface area is 195 Å². The van der Waals surface area contributed by atoms with Gasteiger partial charge in [0, 0.05) is 41.8 Å². The molecule has 1 saturated heterocycles. The molecule has 0 aliphatic carbocycles. The lowest BCUT2D eigenvalue weighted by atomic mass is 10.2. The molecule has 0 spiro atoms. The number of ether oxygens (including phenoxy) is 1. The maximum atomic E-state index is 12.8. The lowest BCUT2D eigenvalue weighted by Gasteiger charge is -2.17. The van der Waals surface area contributed by atoms with Crippen molar-refractivity contribution in [2.24, 2.45) is 0 Å². The van der Waals surface area contributed by atoms with Gasteiger partial charge in [-0.05, 0) is 29.8 Å². The molecular formula is C21H16ClF3N4O3S. The van der Waals surface area contributed by atoms with E-state index in [1.54, 1.807) is 17.0 Å². The smallest absolute Gasteiger partial charge is 0.406 e. The van der Waals surface area contributed by atoms with Crippen LogP contribution in [0, 0.1) is 0 Å². The highest BCUT2D eigenvalue weighted by molar-refractivity contribution is 7.14. The lowest BCUT2D eigenvalue weighted by molar-refractivity contribution is -0.274. The summed E-state index contributed by atoms with van der Waals surface area (Å²) in [6.07, 6.45) is -4.84. The molecule has 3 amide bonds. The molecule has 4 rings (SSSR count). The van der Waals surface area contributed by atoms with Crippen molar-refractivity contribution >= 4 is 45.7 Å². The van der Waals surface area contributed by atoms with E-state index in [1.807, 2.05) is 12.1 Å². The number of nitrogens with zero attached hydrogens (tertiary/aromatic N) is 3. The fourth-order valence-corrected chi connectivity index (χ4v) is 4.13. The first kappa shape index (κ1) is 22.9. The number of anilines is 2. The Morgan fingerprint density at radius 2 is 1.94 bits per heavy atom. The average molecular weight is 497 g/mol. The summed E-state index contributed by atoms with van der Waals surface area (Å²) in [6.45, 7) is 1.33. The van der Waals surface area contributed by atoms with E-state index in [9.17, 15) is 22.8 Å². The van der Waals surface area contributed by atoms with Crippen LogP contribution in [-0.2, 0) is 6.54 Å². The largest absolute Gasteiger partial charge is 0.573 e. The maximum Gasteiger partial charge on any atom is 0.573 e. The number of benzene rings is 2. The summed E-state index contributed by atoms with van der Waals surface area (Å²) < 4.78 is 41.0. The first-order valence-electron chi connectivity index (χ1n) is 9.61. The van der Waals surface area contributed by atoms with Crippen LogP contribution in [0.15, 0.2) is 53.9 Å². The number of nitrogens with one attached hydrogen (secondary N) is 1. The number of hydrogen-bond donors (Lipinski definition) is 1. The average Bonchev–Trinajstić information content (AvgIpc) is 3.36. The molecule has 33 heavy (non-hydrogen) atoms. The van der Waals surface area contributed by atoms with Crippen LogP contribution < -0.4 is 15.0 Å². The summed E-state index contributed by atoms with van der Waals surface area (Å²) in [5, 5.41) is 4.93. The van der Waals surface area contributed by atoms with E-state index in [0.717, 1.165) is 29.0 Å². The Morgan fingerprint density at radius 1 is 1.18 bits per heavy atom. The van der Waals surface area contributed by atoms with Crippen molar-refractivity contribution < 1.29 is 27.5 Å². The number of urea groups is 1. The van der Waals surface area contributed by atoms with Crippen molar-refractivity contribution in [3.05, 3.63) is 70.2 Å². The van der Waals surface area contributed by atoms with E-state index in [4.69, 9.17) is 11.6 Å². The van der Waals surface area contributed by atoms with Gasteiger partial charge in [0.25, 0.3) is 5.91 Å². The van der Waals surface area contributed by atoms with E-state index in [1.165, 1.54) is 22.4 Å². The second-order valence-corrected chi connectivity index (χ2v) is 8.30. The number of hydrogen-bond acceptors (Lipinski definition) is 5. The normalized spacial score (nSPS) is 14.0. The van der Waals surface area contributed by atoms with E-state index >= 15 is 0 Å². The van der Waals surface area contributed by atoms with Gasteiger partial charge in [-0.3, -0.25) is 9.69 Å². The van der Waals surface area contributed by atoms with Gasteiger partial charge in [0.2, 0.25) is 0 Å². The number of thiazole rings is 1. The second-order valence-electron chi connectivity index (χ2n) is 7.03. The molecule has 0 bridgehead atoms. The van der Waals surface area contributed by atoms with Crippen molar-refractivity contribution in [2.75, 3.05) is 23.3 Å². The van der Waals surface area contributed by atoms with Gasteiger partial charge in [-0.25, -0.2) is 9.78 Å². The summed E-state index contributed by atoms with van der Waals surface area (Å²) in [7, 11) is 0. The van der Waals surface area contributed by atoms with Gasteiger partial charge in [-0.2, -0.15) is 0 Å². The van der Waals surface area contributed by atoms with Gasteiger partial charge in [0.05, 0.1) is 0 Å². The first-order chi connectivity index (χ1) is 15.7. The third-order valence-electron chi connectivity index (χ3n) is 4.66. The molecule has 1 N–H and O–H groups in total. The summed E-state index contributed by atoms with van der Waals surface area (Å²) in [5.41, 5.74) is 1.09. The lowest BCUT2D eigenvalue weighted by Crippen LogP contribution is -2.31. The predicted molar refractivity (Wildman–Crippen MR) is 118 cm³/mol. The summed E-state index contributed by atoms with van der Waals surface area (Å²) >= 11 is 7.02. The molecular weight excluding hydrogens is 481 g/mol. The monoisotopic (exact) mass is 496 g/mol. The number of carbonyl (C=O) groups is 2. The van der Waals surface area contributed by atoms with Crippen molar-refractivity contribution in [3.8, 4) is 5.75 Å². The van der Waals surface area contributed by atoms with Gasteiger partial charge >= 0.3 is 12.4 Å². The van der Waals surface area contributed by atoms with Crippen LogP contribution >= 0.6 is 22.9 Å². The summed E-state index contributed by atoms with van der Waals surface area (Å²) in [5.74, 6) is -1.07. The Bertz CT molecular complexity index is 1170. The Balaban J connectivity index is 1.39. The Kier molecular flexibility index (Phi) is 6.43. The number of halogens is 4. The molecule has 1 aliphatic heterocycles. The van der Waals surface area contributed by atoms with Crippen LogP contribution in [0.3, 0.4) is 0 Å². The van der Waals surface area contributed by atoms with Crippen LogP contribution in [0.2, 0.25) is 5.02 Å². The molecule has 7 nitrogen and oxygen atoms in total. The summed E-state index contributed by atoms with van der Waals surface area (Å²) in [6, 6.07) is 11.9. The highest BCUT2D eigenvalue weighted by Gasteiger charge is 2.32. The topological polar surface area (TPSA) is 74.8 Å². The van der Waals surface area contributed by atoms with E-state index in [-0.39, 0.29) is 17.4 Å². The first-order valence-corrected chi connectivity index (χ1v) is 10.9. The van der Waals surface area contributed by atoms with Crippen molar-refractivity contribution in [1.29, 1.82) is 0 Å². The zero-order valence-electron chi connectivity index (χ0n) is 16.8. The van der Waals surface area contributed by atoms with Crippen LogP contribution in [0.5, 0.6) is 5.75 Å². The van der Waals surface area contributed by atoms with Crippen LogP contribution in [0.25, 0.3) is 0 Å². The predicted octanol–water partition coefficient (Wildman–Crippen LogP) is 5.39. The van der Waals surface area contributed by atoms with Gasteiger partial charge in [-0.1, -0.05) is 29.8 Å². The molecule has 1 aliphatic rings. The Hall–Kier alpha value is -3.31. The third kappa shape index (κ3) is 5.74. The van der Waals surface area contributed by atoms with Crippen molar-refractivity contribution in [2.45, 2.75) is 12.9 Å². The summed E-state index contributed by atoms with van der Waals surface area (Å²) in [4.78, 5) is 32.7. The van der Waals surface area contributed by atoms with Crippen LogP contribution in [0.1, 0.15) is 16.1 Å². The third-order valence-corrected chi connectivity index (χ3v) is 5.78. The molecule has 0 radical (unpaired) electrons. The Morgan fingerprint density at radius 3 is 2.67 bits per heavy atom. The number of rotatable bonds is 6. The van der Waals surface area contributed by atoms with Gasteiger partial charge in [-0.15, -0.1) is 24.5 Å². The van der Waals surface area contributed by atoms with Gasteiger partial charge < -0.3 is 15.0 Å². The minimum absolute atomic E-state index is 0.0427. The quantitative estimate of drug-likeness (QED) is 0.496. The number of aromatic nitrogens is 1. The zero-order valence-corrected chi connectivity index (χ0v) is 18.4. The van der Waals surface area contributed by atoms with E-state index in [0.29, 0.717) is 29.8 Å². The SMILES string of the molecule is O=C(Nc1cccc(OC(F)(F)F)c1)c1csc(N2CCN(Cc3ccc(Cl)cc3)C2=O)n1. The minimum Gasteiger partial charge on any atom is -0.406 e. The molecule has 0 unspecified atom stereocenters. The molecule has 2 aromatic carbocycles. The zero-order chi connectivity index (χ0) is 23.6. The van der Waals surface area contributed by atoms with Crippen LogP contribution in [-0.4, -0.2) is 41.3 Å². The van der Waals surface area contributed by atoms with E-state index < -0.39 is 18.0 Å². The molecule has 3 aromatic rings. The molecule has 0 saturated carbocycles. The molecule has 172 valence electrons. The molecule has 1 aromatic heterocycles. The van der Waals surface area contributed by atoms with Gasteiger partial charge in [0.15, 0.2) is 5.13 Å². The fraction of sp³-hybridized carbons (Fsp3) is 0.190. The molecule has 2 heterocycles. The molecule has 0 atom stereocenters. The molecule has 12 heteroatoms. The van der Waals surface area contributed by atoms with Gasteiger partial charge in [0.1, 0.15) is 11.4 Å². The van der Waals surface area contributed by atoms with Crippen molar-refractivity contribution in [1.82, 2.24) is 9.88 Å². The molecule has 1 fully saturated rings. The second kappa shape index (κ2) is 9.28. The number of carbonyl (C=O) groups excluding carboxylic acids is 2. The van der Waals surface area contributed by atoms with Crippen LogP contribution in [0.4, 0.5) is 28.8 Å². The highest BCUT2D eigenvalue weighted by atomic mass is 35.5. The minimum atomic E-state index is -4.84. The van der Waals surface area contributed by atoms with E-state index in [2.05, 4.69) is 15.0 Å².